The third kappa shape index (κ3) is 4.27. The molecule has 1 N–H and O–H groups in total. The molecule has 0 saturated carbocycles. The number of hydrogen-bond acceptors (Lipinski definition) is 2. The van der Waals surface area contributed by atoms with E-state index in [2.05, 4.69) is 32.2 Å². The number of carbonyl (C=O) groups is 1. The minimum absolute atomic E-state index is 0.0661. The number of anilines is 1. The SMILES string of the molecule is CC(C)N(C)C(=O)CNc1ccccc1C(C)(C)C. The van der Waals surface area contributed by atoms with Gasteiger partial charge in [0.2, 0.25) is 5.91 Å². The molecular formula is C16H26N2O. The fraction of sp³-hybridized carbons (Fsp3) is 0.562. The summed E-state index contributed by atoms with van der Waals surface area (Å²) < 4.78 is 0. The summed E-state index contributed by atoms with van der Waals surface area (Å²) in [6.07, 6.45) is 0. The van der Waals surface area contributed by atoms with Crippen LogP contribution in [0.5, 0.6) is 0 Å². The van der Waals surface area contributed by atoms with E-state index < -0.39 is 0 Å². The van der Waals surface area contributed by atoms with Gasteiger partial charge in [-0.2, -0.15) is 0 Å². The van der Waals surface area contributed by atoms with E-state index in [1.165, 1.54) is 5.56 Å². The molecule has 3 nitrogen and oxygen atoms in total. The number of carbonyl (C=O) groups excluding carboxylic acids is 1. The van der Waals surface area contributed by atoms with Crippen molar-refractivity contribution in [3.05, 3.63) is 29.8 Å². The van der Waals surface area contributed by atoms with Crippen molar-refractivity contribution >= 4 is 11.6 Å². The standard InChI is InChI=1S/C16H26N2O/c1-12(2)18(6)15(19)11-17-14-10-8-7-9-13(14)16(3,4)5/h7-10,12,17H,11H2,1-6H3. The normalized spacial score (nSPS) is 11.5. The Bertz CT molecular complexity index is 433. The molecule has 0 fully saturated rings. The Morgan fingerprint density at radius 1 is 1.26 bits per heavy atom. The van der Waals surface area contributed by atoms with Crippen molar-refractivity contribution in [2.75, 3.05) is 18.9 Å². The highest BCUT2D eigenvalue weighted by atomic mass is 16.2. The highest BCUT2D eigenvalue weighted by molar-refractivity contribution is 5.81. The summed E-state index contributed by atoms with van der Waals surface area (Å²) in [4.78, 5) is 13.7. The molecule has 0 aliphatic heterocycles. The Morgan fingerprint density at radius 3 is 2.37 bits per heavy atom. The quantitative estimate of drug-likeness (QED) is 0.903. The molecule has 3 heteroatoms. The van der Waals surface area contributed by atoms with Gasteiger partial charge >= 0.3 is 0 Å². The van der Waals surface area contributed by atoms with Crippen LogP contribution in [0, 0.1) is 0 Å². The molecule has 0 unspecified atom stereocenters. The number of hydrogen-bond donors (Lipinski definition) is 1. The van der Waals surface area contributed by atoms with Crippen molar-refractivity contribution in [2.24, 2.45) is 0 Å². The topological polar surface area (TPSA) is 32.3 Å². The van der Waals surface area contributed by atoms with E-state index in [1.807, 2.05) is 39.1 Å². The molecule has 0 bridgehead atoms. The van der Waals surface area contributed by atoms with Crippen molar-refractivity contribution in [3.8, 4) is 0 Å². The van der Waals surface area contributed by atoms with Crippen LogP contribution in [-0.4, -0.2) is 30.4 Å². The van der Waals surface area contributed by atoms with E-state index in [-0.39, 0.29) is 17.4 Å². The molecule has 0 aliphatic carbocycles. The summed E-state index contributed by atoms with van der Waals surface area (Å²) in [6, 6.07) is 8.40. The molecule has 0 radical (unpaired) electrons. The lowest BCUT2D eigenvalue weighted by molar-refractivity contribution is -0.129. The molecule has 0 heterocycles. The van der Waals surface area contributed by atoms with E-state index in [9.17, 15) is 4.79 Å². The monoisotopic (exact) mass is 262 g/mol. The molecule has 0 spiro atoms. The van der Waals surface area contributed by atoms with Gasteiger partial charge in [0.1, 0.15) is 0 Å². The second kappa shape index (κ2) is 6.09. The van der Waals surface area contributed by atoms with Crippen molar-refractivity contribution < 1.29 is 4.79 Å². The second-order valence-corrected chi connectivity index (χ2v) is 6.25. The van der Waals surface area contributed by atoms with Crippen LogP contribution in [0.2, 0.25) is 0 Å². The maximum Gasteiger partial charge on any atom is 0.241 e. The highest BCUT2D eigenvalue weighted by Gasteiger charge is 2.18. The number of nitrogens with one attached hydrogen (secondary N) is 1. The van der Waals surface area contributed by atoms with E-state index in [1.54, 1.807) is 4.90 Å². The first-order valence-electron chi connectivity index (χ1n) is 6.82. The molecule has 106 valence electrons. The Morgan fingerprint density at radius 2 is 1.84 bits per heavy atom. The van der Waals surface area contributed by atoms with Gasteiger partial charge in [-0.25, -0.2) is 0 Å². The second-order valence-electron chi connectivity index (χ2n) is 6.25. The highest BCUT2D eigenvalue weighted by Crippen LogP contribution is 2.29. The first kappa shape index (κ1) is 15.5. The van der Waals surface area contributed by atoms with E-state index >= 15 is 0 Å². The van der Waals surface area contributed by atoms with Gasteiger partial charge in [0, 0.05) is 18.8 Å². The van der Waals surface area contributed by atoms with Crippen LogP contribution in [0.25, 0.3) is 0 Å². The fourth-order valence-corrected chi connectivity index (χ4v) is 1.87. The lowest BCUT2D eigenvalue weighted by Gasteiger charge is -2.25. The smallest absolute Gasteiger partial charge is 0.241 e. The fourth-order valence-electron chi connectivity index (χ4n) is 1.87. The third-order valence-corrected chi connectivity index (χ3v) is 3.33. The van der Waals surface area contributed by atoms with Crippen LogP contribution in [0.15, 0.2) is 24.3 Å². The minimum Gasteiger partial charge on any atom is -0.376 e. The summed E-state index contributed by atoms with van der Waals surface area (Å²) in [5.74, 6) is 0.110. The molecule has 1 aromatic rings. The van der Waals surface area contributed by atoms with Crippen molar-refractivity contribution in [1.82, 2.24) is 4.90 Å². The summed E-state index contributed by atoms with van der Waals surface area (Å²) >= 11 is 0. The summed E-state index contributed by atoms with van der Waals surface area (Å²) in [5.41, 5.74) is 2.34. The number of nitrogens with zero attached hydrogens (tertiary/aromatic N) is 1. The maximum absolute atomic E-state index is 12.0. The van der Waals surface area contributed by atoms with Crippen molar-refractivity contribution in [3.63, 3.8) is 0 Å². The van der Waals surface area contributed by atoms with Crippen LogP contribution in [0.4, 0.5) is 5.69 Å². The van der Waals surface area contributed by atoms with Crippen LogP contribution >= 0.6 is 0 Å². The number of likely N-dealkylation sites (N-methyl/N-ethyl adjacent to an activating group) is 1. The van der Waals surface area contributed by atoms with Crippen LogP contribution in [0.3, 0.4) is 0 Å². The number of rotatable bonds is 4. The number of benzene rings is 1. The average Bonchev–Trinajstić information content (AvgIpc) is 2.34. The van der Waals surface area contributed by atoms with Gasteiger partial charge < -0.3 is 10.2 Å². The number of amides is 1. The van der Waals surface area contributed by atoms with Crippen LogP contribution in [0.1, 0.15) is 40.2 Å². The Hall–Kier alpha value is -1.51. The number of para-hydroxylation sites is 1. The predicted molar refractivity (Wildman–Crippen MR) is 81.5 cm³/mol. The zero-order valence-electron chi connectivity index (χ0n) is 12.9. The van der Waals surface area contributed by atoms with Gasteiger partial charge in [0.25, 0.3) is 0 Å². The maximum atomic E-state index is 12.0. The Kier molecular flexibility index (Phi) is 4.98. The average molecular weight is 262 g/mol. The molecule has 0 aliphatic rings. The zero-order chi connectivity index (χ0) is 14.6. The lowest BCUT2D eigenvalue weighted by Crippen LogP contribution is -2.37. The van der Waals surface area contributed by atoms with E-state index in [4.69, 9.17) is 0 Å². The Labute approximate surface area is 117 Å². The van der Waals surface area contributed by atoms with E-state index in [0.29, 0.717) is 6.54 Å². The van der Waals surface area contributed by atoms with Gasteiger partial charge in [0.05, 0.1) is 6.54 Å². The van der Waals surface area contributed by atoms with Crippen LogP contribution in [-0.2, 0) is 10.2 Å². The van der Waals surface area contributed by atoms with Gasteiger partial charge in [-0.1, -0.05) is 39.0 Å². The van der Waals surface area contributed by atoms with Gasteiger partial charge in [-0.15, -0.1) is 0 Å². The summed E-state index contributed by atoms with van der Waals surface area (Å²) in [5, 5.41) is 3.26. The lowest BCUT2D eigenvalue weighted by atomic mass is 9.86. The van der Waals surface area contributed by atoms with E-state index in [0.717, 1.165) is 5.69 Å². The summed E-state index contributed by atoms with van der Waals surface area (Å²) in [7, 11) is 1.84. The predicted octanol–water partition coefficient (Wildman–Crippen LogP) is 3.26. The molecule has 0 atom stereocenters. The third-order valence-electron chi connectivity index (χ3n) is 3.33. The molecule has 1 aromatic carbocycles. The molecule has 0 saturated heterocycles. The van der Waals surface area contributed by atoms with Gasteiger partial charge in [0.15, 0.2) is 0 Å². The van der Waals surface area contributed by atoms with Gasteiger partial charge in [-0.3, -0.25) is 4.79 Å². The summed E-state index contributed by atoms with van der Waals surface area (Å²) in [6.45, 7) is 10.9. The van der Waals surface area contributed by atoms with Crippen molar-refractivity contribution in [1.29, 1.82) is 0 Å². The first-order valence-corrected chi connectivity index (χ1v) is 6.82. The molecule has 1 amide bonds. The van der Waals surface area contributed by atoms with Gasteiger partial charge in [-0.05, 0) is 30.9 Å². The molecular weight excluding hydrogens is 236 g/mol. The largest absolute Gasteiger partial charge is 0.376 e. The molecule has 1 rings (SSSR count). The first-order chi connectivity index (χ1) is 8.73. The van der Waals surface area contributed by atoms with Crippen molar-refractivity contribution in [2.45, 2.75) is 46.1 Å². The Balaban J connectivity index is 2.77. The molecule has 19 heavy (non-hydrogen) atoms. The minimum atomic E-state index is 0.0661. The zero-order valence-corrected chi connectivity index (χ0v) is 12.9. The van der Waals surface area contributed by atoms with Crippen LogP contribution < -0.4 is 5.32 Å². The molecule has 0 aromatic heterocycles.